The SMILES string of the molecule is CC(O)C(N)CNC(=O)Cc1ccsc1. The van der Waals surface area contributed by atoms with E-state index in [4.69, 9.17) is 10.8 Å². The van der Waals surface area contributed by atoms with Crippen molar-refractivity contribution < 1.29 is 9.90 Å². The lowest BCUT2D eigenvalue weighted by molar-refractivity contribution is -0.120. The van der Waals surface area contributed by atoms with Crippen LogP contribution in [0.15, 0.2) is 16.8 Å². The second-order valence-corrected chi connectivity index (χ2v) is 4.30. The highest BCUT2D eigenvalue weighted by molar-refractivity contribution is 7.07. The molecule has 5 heteroatoms. The van der Waals surface area contributed by atoms with E-state index in [-0.39, 0.29) is 5.91 Å². The molecule has 0 spiro atoms. The Labute approximate surface area is 93.1 Å². The lowest BCUT2D eigenvalue weighted by atomic mass is 10.2. The summed E-state index contributed by atoms with van der Waals surface area (Å²) in [6, 6.07) is 1.51. The average molecular weight is 228 g/mol. The van der Waals surface area contributed by atoms with Gasteiger partial charge in [-0.05, 0) is 29.3 Å². The minimum absolute atomic E-state index is 0.0653. The minimum Gasteiger partial charge on any atom is -0.392 e. The van der Waals surface area contributed by atoms with E-state index in [0.717, 1.165) is 5.56 Å². The summed E-state index contributed by atoms with van der Waals surface area (Å²) in [5.74, 6) is -0.0653. The standard InChI is InChI=1S/C10H16N2O2S/c1-7(13)9(11)5-12-10(14)4-8-2-3-15-6-8/h2-3,6-7,9,13H,4-5,11H2,1H3,(H,12,14). The first-order valence-electron chi connectivity index (χ1n) is 4.81. The molecule has 0 aliphatic heterocycles. The van der Waals surface area contributed by atoms with Crippen LogP contribution in [0.5, 0.6) is 0 Å². The number of aliphatic hydroxyl groups is 1. The van der Waals surface area contributed by atoms with E-state index in [9.17, 15) is 4.79 Å². The molecule has 1 rings (SSSR count). The van der Waals surface area contributed by atoms with E-state index in [1.807, 2.05) is 16.8 Å². The van der Waals surface area contributed by atoms with E-state index in [0.29, 0.717) is 13.0 Å². The van der Waals surface area contributed by atoms with Crippen molar-refractivity contribution in [2.75, 3.05) is 6.54 Å². The highest BCUT2D eigenvalue weighted by Gasteiger charge is 2.10. The molecule has 0 saturated carbocycles. The number of hydrogen-bond acceptors (Lipinski definition) is 4. The number of thiophene rings is 1. The summed E-state index contributed by atoms with van der Waals surface area (Å²) in [5, 5.41) is 15.7. The molecule has 1 aromatic rings. The van der Waals surface area contributed by atoms with Crippen LogP contribution < -0.4 is 11.1 Å². The fourth-order valence-electron chi connectivity index (χ4n) is 1.04. The maximum atomic E-state index is 11.4. The summed E-state index contributed by atoms with van der Waals surface area (Å²) in [6.45, 7) is 1.91. The predicted octanol–water partition coefficient (Wildman–Crippen LogP) is 0.115. The summed E-state index contributed by atoms with van der Waals surface area (Å²) in [4.78, 5) is 11.4. The average Bonchev–Trinajstić information content (AvgIpc) is 2.66. The van der Waals surface area contributed by atoms with Crippen LogP contribution in [0.2, 0.25) is 0 Å². The van der Waals surface area contributed by atoms with E-state index in [1.165, 1.54) is 0 Å². The second-order valence-electron chi connectivity index (χ2n) is 3.52. The second kappa shape index (κ2) is 5.85. The lowest BCUT2D eigenvalue weighted by Gasteiger charge is -2.14. The Balaban J connectivity index is 2.25. The third kappa shape index (κ3) is 4.42. The van der Waals surface area contributed by atoms with Crippen LogP contribution in [0.1, 0.15) is 12.5 Å². The van der Waals surface area contributed by atoms with Crippen molar-refractivity contribution in [1.29, 1.82) is 0 Å². The van der Waals surface area contributed by atoms with Gasteiger partial charge in [0, 0.05) is 12.6 Å². The van der Waals surface area contributed by atoms with Gasteiger partial charge in [-0.25, -0.2) is 0 Å². The number of amides is 1. The molecular weight excluding hydrogens is 212 g/mol. The highest BCUT2D eigenvalue weighted by atomic mass is 32.1. The molecule has 0 aliphatic carbocycles. The smallest absolute Gasteiger partial charge is 0.224 e. The fraction of sp³-hybridized carbons (Fsp3) is 0.500. The molecule has 4 N–H and O–H groups in total. The maximum absolute atomic E-state index is 11.4. The zero-order valence-electron chi connectivity index (χ0n) is 8.64. The van der Waals surface area contributed by atoms with Gasteiger partial charge in [-0.3, -0.25) is 4.79 Å². The molecule has 15 heavy (non-hydrogen) atoms. The number of nitrogens with one attached hydrogen (secondary N) is 1. The highest BCUT2D eigenvalue weighted by Crippen LogP contribution is 2.06. The molecule has 1 aromatic heterocycles. The molecule has 0 aromatic carbocycles. The van der Waals surface area contributed by atoms with Gasteiger partial charge in [0.2, 0.25) is 5.91 Å². The van der Waals surface area contributed by atoms with Crippen molar-refractivity contribution in [3.8, 4) is 0 Å². The van der Waals surface area contributed by atoms with Gasteiger partial charge in [0.15, 0.2) is 0 Å². The largest absolute Gasteiger partial charge is 0.392 e. The first-order valence-corrected chi connectivity index (χ1v) is 5.75. The fourth-order valence-corrected chi connectivity index (χ4v) is 1.71. The first kappa shape index (κ1) is 12.2. The topological polar surface area (TPSA) is 75.3 Å². The van der Waals surface area contributed by atoms with E-state index < -0.39 is 12.1 Å². The summed E-state index contributed by atoms with van der Waals surface area (Å²) < 4.78 is 0. The van der Waals surface area contributed by atoms with Gasteiger partial charge >= 0.3 is 0 Å². The molecule has 2 atom stereocenters. The van der Waals surface area contributed by atoms with Crippen LogP contribution in [0.4, 0.5) is 0 Å². The summed E-state index contributed by atoms with van der Waals surface area (Å²) in [5.41, 5.74) is 6.58. The number of rotatable bonds is 5. The third-order valence-corrected chi connectivity index (χ3v) is 2.83. The Hall–Kier alpha value is -0.910. The third-order valence-electron chi connectivity index (χ3n) is 2.10. The summed E-state index contributed by atoms with van der Waals surface area (Å²) >= 11 is 1.57. The summed E-state index contributed by atoms with van der Waals surface area (Å²) in [7, 11) is 0. The zero-order valence-corrected chi connectivity index (χ0v) is 9.46. The quantitative estimate of drug-likeness (QED) is 0.670. The zero-order chi connectivity index (χ0) is 11.3. The van der Waals surface area contributed by atoms with E-state index in [2.05, 4.69) is 5.32 Å². The Morgan fingerprint density at radius 1 is 1.73 bits per heavy atom. The van der Waals surface area contributed by atoms with Crippen molar-refractivity contribution in [1.82, 2.24) is 5.32 Å². The Bertz CT molecular complexity index is 298. The van der Waals surface area contributed by atoms with Crippen LogP contribution in [0, 0.1) is 0 Å². The van der Waals surface area contributed by atoms with E-state index in [1.54, 1.807) is 18.3 Å². The molecule has 84 valence electrons. The molecular formula is C10H16N2O2S. The molecule has 0 radical (unpaired) electrons. The number of nitrogens with two attached hydrogens (primary N) is 1. The van der Waals surface area contributed by atoms with Gasteiger partial charge in [0.1, 0.15) is 0 Å². The van der Waals surface area contributed by atoms with Gasteiger partial charge in [0.05, 0.1) is 12.5 Å². The van der Waals surface area contributed by atoms with Crippen LogP contribution >= 0.6 is 11.3 Å². The van der Waals surface area contributed by atoms with Crippen molar-refractivity contribution in [3.05, 3.63) is 22.4 Å². The van der Waals surface area contributed by atoms with Crippen LogP contribution in [-0.2, 0) is 11.2 Å². The van der Waals surface area contributed by atoms with Gasteiger partial charge in [0.25, 0.3) is 0 Å². The van der Waals surface area contributed by atoms with Gasteiger partial charge in [-0.15, -0.1) is 0 Å². The molecule has 0 saturated heterocycles. The number of carbonyl (C=O) groups is 1. The van der Waals surface area contributed by atoms with Crippen molar-refractivity contribution in [3.63, 3.8) is 0 Å². The summed E-state index contributed by atoms with van der Waals surface area (Å²) in [6.07, 6.45) is -0.234. The Morgan fingerprint density at radius 3 is 3.00 bits per heavy atom. The lowest BCUT2D eigenvalue weighted by Crippen LogP contribution is -2.44. The first-order chi connectivity index (χ1) is 7.09. The van der Waals surface area contributed by atoms with Crippen LogP contribution in [0.3, 0.4) is 0 Å². The molecule has 1 amide bonds. The normalized spacial score (nSPS) is 14.6. The Morgan fingerprint density at radius 2 is 2.47 bits per heavy atom. The van der Waals surface area contributed by atoms with Crippen molar-refractivity contribution in [2.45, 2.75) is 25.5 Å². The maximum Gasteiger partial charge on any atom is 0.224 e. The van der Waals surface area contributed by atoms with Crippen molar-refractivity contribution in [2.24, 2.45) is 5.73 Å². The van der Waals surface area contributed by atoms with Gasteiger partial charge in [-0.2, -0.15) is 11.3 Å². The van der Waals surface area contributed by atoms with Crippen molar-refractivity contribution >= 4 is 17.2 Å². The predicted molar refractivity (Wildman–Crippen MR) is 60.7 cm³/mol. The molecule has 0 fully saturated rings. The molecule has 0 bridgehead atoms. The number of hydrogen-bond donors (Lipinski definition) is 3. The van der Waals surface area contributed by atoms with E-state index >= 15 is 0 Å². The molecule has 0 aliphatic rings. The monoisotopic (exact) mass is 228 g/mol. The van der Waals surface area contributed by atoms with Gasteiger partial charge < -0.3 is 16.2 Å². The van der Waals surface area contributed by atoms with Crippen LogP contribution in [-0.4, -0.2) is 29.7 Å². The molecule has 2 unspecified atom stereocenters. The number of carbonyl (C=O) groups excluding carboxylic acids is 1. The molecule has 1 heterocycles. The minimum atomic E-state index is -0.605. The van der Waals surface area contributed by atoms with Crippen LogP contribution in [0.25, 0.3) is 0 Å². The number of aliphatic hydroxyl groups excluding tert-OH is 1. The molecule has 4 nitrogen and oxygen atoms in total. The van der Waals surface area contributed by atoms with Gasteiger partial charge in [-0.1, -0.05) is 0 Å². The Kier molecular flexibility index (Phi) is 4.74.